The molecule has 2 aromatic rings. The predicted molar refractivity (Wildman–Crippen MR) is 138 cm³/mol. The summed E-state index contributed by atoms with van der Waals surface area (Å²) in [5.41, 5.74) is 8.89. The van der Waals surface area contributed by atoms with Crippen molar-refractivity contribution >= 4 is 40.5 Å². The second kappa shape index (κ2) is 11.6. The highest BCUT2D eigenvalue weighted by molar-refractivity contribution is 6.03. The summed E-state index contributed by atoms with van der Waals surface area (Å²) in [7, 11) is 0. The van der Waals surface area contributed by atoms with Crippen molar-refractivity contribution in [3.8, 4) is 0 Å². The second-order valence-corrected chi connectivity index (χ2v) is 9.70. The Labute approximate surface area is 216 Å². The predicted octanol–water partition coefficient (Wildman–Crippen LogP) is 3.98. The topological polar surface area (TPSA) is 116 Å². The summed E-state index contributed by atoms with van der Waals surface area (Å²) in [6.07, 6.45) is 10.3. The number of hydrogen-bond acceptors (Lipinski definition) is 7. The molecule has 0 amide bonds. The molecule has 0 fully saturated rings. The van der Waals surface area contributed by atoms with Crippen LogP contribution in [0.25, 0.3) is 22.4 Å². The van der Waals surface area contributed by atoms with Crippen LogP contribution in [0.2, 0.25) is 0 Å². The van der Waals surface area contributed by atoms with Crippen molar-refractivity contribution in [2.45, 2.75) is 46.0 Å². The van der Waals surface area contributed by atoms with Crippen molar-refractivity contribution < 1.29 is 39.1 Å². The fourth-order valence-electron chi connectivity index (χ4n) is 4.82. The van der Waals surface area contributed by atoms with Crippen molar-refractivity contribution in [1.82, 2.24) is 0 Å². The van der Waals surface area contributed by atoms with Crippen molar-refractivity contribution in [3.05, 3.63) is 58.7 Å². The van der Waals surface area contributed by atoms with Crippen LogP contribution in [0.4, 0.5) is 4.79 Å². The Hall–Kier alpha value is -3.65. The standard InChI is InChI=1S/C29H33NO7/c1-19(31)35-16-29(2,27(32)37-18-30)17-36-28(33)34-15-4-3-6-20-9-10-23-12-11-21-7-5-8-22-13-14-24(20)26(23)25(21)22/h5,8-11,13-14H,3-4,6-7,12,15-18,30H2,1-2H3/p+1. The SMILES string of the molecule is CC(=O)OCC(C)(COC(=O)OCCCCc1ccc2c3c4c(ccc13)C=CCC4=CC2)C(=O)OC[NH3+]. The van der Waals surface area contributed by atoms with Crippen molar-refractivity contribution in [2.24, 2.45) is 5.41 Å². The first kappa shape index (κ1) is 26.4. The Morgan fingerprint density at radius 2 is 1.78 bits per heavy atom. The van der Waals surface area contributed by atoms with E-state index in [-0.39, 0.29) is 26.6 Å². The molecule has 0 heterocycles. The van der Waals surface area contributed by atoms with E-state index in [0.717, 1.165) is 25.7 Å². The summed E-state index contributed by atoms with van der Waals surface area (Å²) in [5.74, 6) is -1.22. The van der Waals surface area contributed by atoms with Gasteiger partial charge in [0.05, 0.1) is 6.61 Å². The smallest absolute Gasteiger partial charge is 0.465 e. The molecule has 37 heavy (non-hydrogen) atoms. The molecule has 1 unspecified atom stereocenters. The molecule has 8 heteroatoms. The van der Waals surface area contributed by atoms with Crippen molar-refractivity contribution in [3.63, 3.8) is 0 Å². The van der Waals surface area contributed by atoms with E-state index in [1.165, 1.54) is 52.4 Å². The maximum absolute atomic E-state index is 12.2. The second-order valence-electron chi connectivity index (χ2n) is 9.70. The minimum absolute atomic E-state index is 0.0889. The molecule has 0 saturated carbocycles. The summed E-state index contributed by atoms with van der Waals surface area (Å²) >= 11 is 0. The number of aryl methyl sites for hydroxylation is 1. The van der Waals surface area contributed by atoms with Crippen LogP contribution in [0.5, 0.6) is 0 Å². The number of allylic oxidation sites excluding steroid dienone is 3. The third-order valence-corrected chi connectivity index (χ3v) is 6.80. The van der Waals surface area contributed by atoms with E-state index in [1.807, 2.05) is 0 Å². The van der Waals surface area contributed by atoms with Gasteiger partial charge < -0.3 is 24.7 Å². The van der Waals surface area contributed by atoms with Crippen LogP contribution in [0.1, 0.15) is 55.4 Å². The average Bonchev–Trinajstić information content (AvgIpc) is 2.90. The van der Waals surface area contributed by atoms with Crippen molar-refractivity contribution in [1.29, 1.82) is 0 Å². The zero-order chi connectivity index (χ0) is 26.4. The zero-order valence-corrected chi connectivity index (χ0v) is 21.5. The number of benzene rings is 2. The number of carbonyl (C=O) groups is 3. The molecule has 1 atom stereocenters. The Balaban J connectivity index is 1.28. The lowest BCUT2D eigenvalue weighted by Gasteiger charge is -2.25. The summed E-state index contributed by atoms with van der Waals surface area (Å²) in [4.78, 5) is 35.5. The molecule has 0 saturated heterocycles. The first-order valence-electron chi connectivity index (χ1n) is 12.6. The third kappa shape index (κ3) is 6.02. The summed E-state index contributed by atoms with van der Waals surface area (Å²) < 4.78 is 20.2. The normalized spacial score (nSPS) is 14.9. The lowest BCUT2D eigenvalue weighted by Crippen LogP contribution is -2.54. The minimum atomic E-state index is -1.35. The molecular weight excluding hydrogens is 474 g/mol. The monoisotopic (exact) mass is 508 g/mol. The van der Waals surface area contributed by atoms with Gasteiger partial charge in [-0.25, -0.2) is 4.79 Å². The zero-order valence-electron chi connectivity index (χ0n) is 21.5. The number of esters is 2. The molecule has 0 bridgehead atoms. The highest BCUT2D eigenvalue weighted by Crippen LogP contribution is 2.41. The van der Waals surface area contributed by atoms with Crippen LogP contribution in [0.3, 0.4) is 0 Å². The number of carbonyl (C=O) groups excluding carboxylic acids is 3. The van der Waals surface area contributed by atoms with E-state index in [2.05, 4.69) is 48.2 Å². The fourth-order valence-corrected chi connectivity index (χ4v) is 4.82. The molecule has 4 rings (SSSR count). The first-order chi connectivity index (χ1) is 17.8. The van der Waals surface area contributed by atoms with Crippen LogP contribution in [0, 0.1) is 5.41 Å². The molecule has 196 valence electrons. The van der Waals surface area contributed by atoms with Gasteiger partial charge in [0.1, 0.15) is 18.6 Å². The highest BCUT2D eigenvalue weighted by Gasteiger charge is 2.38. The largest absolute Gasteiger partial charge is 0.508 e. The molecule has 0 aliphatic heterocycles. The maximum atomic E-state index is 12.2. The number of quaternary nitrogens is 1. The molecule has 0 aromatic heterocycles. The molecule has 3 N–H and O–H groups in total. The average molecular weight is 509 g/mol. The van der Waals surface area contributed by atoms with Gasteiger partial charge in [-0.15, -0.1) is 0 Å². The van der Waals surface area contributed by atoms with E-state index < -0.39 is 23.5 Å². The van der Waals surface area contributed by atoms with Gasteiger partial charge >= 0.3 is 18.1 Å². The van der Waals surface area contributed by atoms with Gasteiger partial charge in [-0.05, 0) is 77.6 Å². The summed E-state index contributed by atoms with van der Waals surface area (Å²) in [5, 5.41) is 2.68. The van der Waals surface area contributed by atoms with Gasteiger partial charge in [-0.1, -0.05) is 42.5 Å². The van der Waals surface area contributed by atoms with Gasteiger partial charge in [-0.3, -0.25) is 9.59 Å². The summed E-state index contributed by atoms with van der Waals surface area (Å²) in [6, 6.07) is 8.89. The van der Waals surface area contributed by atoms with Crippen LogP contribution < -0.4 is 5.73 Å². The fraction of sp³-hybridized carbons (Fsp3) is 0.414. The molecule has 2 aromatic carbocycles. The molecule has 8 nitrogen and oxygen atoms in total. The third-order valence-electron chi connectivity index (χ3n) is 6.80. The maximum Gasteiger partial charge on any atom is 0.508 e. The molecule has 0 spiro atoms. The van der Waals surface area contributed by atoms with Gasteiger partial charge in [-0.2, -0.15) is 0 Å². The van der Waals surface area contributed by atoms with Crippen LogP contribution in [-0.4, -0.2) is 44.6 Å². The van der Waals surface area contributed by atoms with Crippen LogP contribution >= 0.6 is 0 Å². The van der Waals surface area contributed by atoms with Crippen molar-refractivity contribution in [2.75, 3.05) is 26.6 Å². The Kier molecular flexibility index (Phi) is 8.28. The molecular formula is C29H34NO7+. The van der Waals surface area contributed by atoms with E-state index in [0.29, 0.717) is 6.42 Å². The molecule has 2 aliphatic carbocycles. The molecule has 2 aliphatic rings. The molecule has 0 radical (unpaired) electrons. The Morgan fingerprint density at radius 3 is 2.57 bits per heavy atom. The summed E-state index contributed by atoms with van der Waals surface area (Å²) in [6.45, 7) is 2.21. The van der Waals surface area contributed by atoms with E-state index in [1.54, 1.807) is 0 Å². The van der Waals surface area contributed by atoms with E-state index in [4.69, 9.17) is 18.9 Å². The minimum Gasteiger partial charge on any atom is -0.465 e. The number of rotatable bonds is 11. The van der Waals surface area contributed by atoms with Gasteiger partial charge in [0.25, 0.3) is 0 Å². The first-order valence-corrected chi connectivity index (χ1v) is 12.6. The number of ether oxygens (including phenoxy) is 4. The van der Waals surface area contributed by atoms with Gasteiger partial charge in [0, 0.05) is 6.92 Å². The number of hydrogen-bond donors (Lipinski definition) is 1. The Morgan fingerprint density at radius 1 is 0.973 bits per heavy atom. The van der Waals surface area contributed by atoms with Gasteiger partial charge in [0.2, 0.25) is 6.73 Å². The number of unbranched alkanes of at least 4 members (excludes halogenated alkanes) is 1. The van der Waals surface area contributed by atoms with Crippen LogP contribution in [-0.2, 0) is 41.4 Å². The van der Waals surface area contributed by atoms with Gasteiger partial charge in [0.15, 0.2) is 0 Å². The lowest BCUT2D eigenvalue weighted by atomic mass is 9.80. The quantitative estimate of drug-likeness (QED) is 0.211. The Bertz CT molecular complexity index is 1260. The van der Waals surface area contributed by atoms with E-state index in [9.17, 15) is 14.4 Å². The van der Waals surface area contributed by atoms with E-state index >= 15 is 0 Å². The van der Waals surface area contributed by atoms with Crippen LogP contribution in [0.15, 0.2) is 36.4 Å². The lowest BCUT2D eigenvalue weighted by molar-refractivity contribution is -0.422. The highest BCUT2D eigenvalue weighted by atomic mass is 16.7.